The summed E-state index contributed by atoms with van der Waals surface area (Å²) in [5.41, 5.74) is 5.27. The lowest BCUT2D eigenvalue weighted by atomic mass is 9.81. The van der Waals surface area contributed by atoms with Gasteiger partial charge in [-0.3, -0.25) is 19.8 Å². The number of carbonyl (C=O) groups is 1. The fourth-order valence-corrected chi connectivity index (χ4v) is 6.15. The second-order valence-electron chi connectivity index (χ2n) is 8.86. The number of pyridine rings is 1. The van der Waals surface area contributed by atoms with Crippen LogP contribution in [0.25, 0.3) is 22.5 Å². The van der Waals surface area contributed by atoms with E-state index in [1.165, 1.54) is 30.6 Å². The largest absolute Gasteiger partial charge is 0.497 e. The topological polar surface area (TPSA) is 84.0 Å². The Morgan fingerprint density at radius 3 is 2.53 bits per heavy atom. The second kappa shape index (κ2) is 8.68. The van der Waals surface area contributed by atoms with Crippen molar-refractivity contribution < 1.29 is 9.53 Å². The number of carbonyl (C=O) groups excluding carboxylic acids is 1. The lowest BCUT2D eigenvalue weighted by Gasteiger charge is -2.33. The fraction of sp³-hybridized carbons (Fsp3) is 0.308. The maximum absolute atomic E-state index is 13.7. The fourth-order valence-electron chi connectivity index (χ4n) is 5.28. The zero-order valence-corrected chi connectivity index (χ0v) is 19.7. The molecule has 1 amide bonds. The molecule has 34 heavy (non-hydrogen) atoms. The molecule has 1 fully saturated rings. The standard InChI is InChI=1S/C26H25N5O2S/c1-33-19-9-7-17(8-10-19)22-21-23(30-29-22)25(32)31(24(21)18-5-3-2-4-6-18)26-28-20(15-34-26)16-11-13-27-14-12-16/h7-15,18,24H,2-6H2,1H3,(H,29,30). The molecule has 1 aromatic carbocycles. The van der Waals surface area contributed by atoms with Crippen LogP contribution in [0.4, 0.5) is 5.13 Å². The van der Waals surface area contributed by atoms with Crippen LogP contribution in [-0.4, -0.2) is 33.2 Å². The predicted molar refractivity (Wildman–Crippen MR) is 132 cm³/mol. The molecule has 1 atom stereocenters. The van der Waals surface area contributed by atoms with Crippen LogP contribution in [0.5, 0.6) is 5.75 Å². The van der Waals surface area contributed by atoms with Gasteiger partial charge in [0.05, 0.1) is 24.5 Å². The molecule has 0 bridgehead atoms. The summed E-state index contributed by atoms with van der Waals surface area (Å²) in [5.74, 6) is 1.12. The van der Waals surface area contributed by atoms with Gasteiger partial charge in [-0.05, 0) is 55.2 Å². The number of rotatable bonds is 5. The van der Waals surface area contributed by atoms with Crippen LogP contribution in [0.2, 0.25) is 0 Å². The molecular weight excluding hydrogens is 446 g/mol. The third-order valence-corrected chi connectivity index (χ3v) is 7.78. The molecule has 1 unspecified atom stereocenters. The number of hydrogen-bond donors (Lipinski definition) is 1. The number of fused-ring (bicyclic) bond motifs is 1. The van der Waals surface area contributed by atoms with Gasteiger partial charge >= 0.3 is 0 Å². The number of hydrogen-bond acceptors (Lipinski definition) is 6. The predicted octanol–water partition coefficient (Wildman–Crippen LogP) is 5.89. The number of nitrogens with zero attached hydrogens (tertiary/aromatic N) is 4. The Balaban J connectivity index is 1.44. The van der Waals surface area contributed by atoms with Crippen LogP contribution in [0.15, 0.2) is 54.2 Å². The van der Waals surface area contributed by atoms with Crippen molar-refractivity contribution >= 4 is 22.4 Å². The summed E-state index contributed by atoms with van der Waals surface area (Å²) in [6.07, 6.45) is 9.36. The highest BCUT2D eigenvalue weighted by Crippen LogP contribution is 2.49. The number of amides is 1. The lowest BCUT2D eigenvalue weighted by molar-refractivity contribution is 0.0977. The van der Waals surface area contributed by atoms with E-state index < -0.39 is 0 Å². The first-order valence-electron chi connectivity index (χ1n) is 11.7. The number of aromatic amines is 1. The van der Waals surface area contributed by atoms with Crippen LogP contribution in [0.3, 0.4) is 0 Å². The third-order valence-electron chi connectivity index (χ3n) is 6.94. The summed E-state index contributed by atoms with van der Waals surface area (Å²) < 4.78 is 5.32. The molecule has 1 aliphatic carbocycles. The van der Waals surface area contributed by atoms with Gasteiger partial charge in [0.2, 0.25) is 0 Å². The van der Waals surface area contributed by atoms with E-state index in [2.05, 4.69) is 15.2 Å². The molecule has 0 radical (unpaired) electrons. The van der Waals surface area contributed by atoms with Crippen molar-refractivity contribution in [1.29, 1.82) is 0 Å². The first kappa shape index (κ1) is 21.0. The molecule has 7 nitrogen and oxygen atoms in total. The van der Waals surface area contributed by atoms with Crippen molar-refractivity contribution in [1.82, 2.24) is 20.2 Å². The molecule has 4 aromatic rings. The number of H-pyrrole nitrogens is 1. The Hall–Kier alpha value is -3.52. The normalized spacial score (nSPS) is 18.3. The van der Waals surface area contributed by atoms with Crippen LogP contribution < -0.4 is 9.64 Å². The molecule has 8 heteroatoms. The molecular formula is C26H25N5O2S. The summed E-state index contributed by atoms with van der Waals surface area (Å²) in [6.45, 7) is 0. The summed E-state index contributed by atoms with van der Waals surface area (Å²) in [5, 5.41) is 10.4. The maximum atomic E-state index is 13.7. The van der Waals surface area contributed by atoms with Gasteiger partial charge in [-0.15, -0.1) is 11.3 Å². The number of ether oxygens (including phenoxy) is 1. The van der Waals surface area contributed by atoms with Crippen LogP contribution in [-0.2, 0) is 0 Å². The van der Waals surface area contributed by atoms with Crippen molar-refractivity contribution in [2.75, 3.05) is 12.0 Å². The molecule has 3 aromatic heterocycles. The molecule has 0 saturated heterocycles. The molecule has 172 valence electrons. The van der Waals surface area contributed by atoms with Gasteiger partial charge in [0.1, 0.15) is 11.4 Å². The van der Waals surface area contributed by atoms with E-state index in [0.717, 1.165) is 51.8 Å². The van der Waals surface area contributed by atoms with Gasteiger partial charge in [-0.2, -0.15) is 5.10 Å². The van der Waals surface area contributed by atoms with Gasteiger partial charge in [0.15, 0.2) is 5.13 Å². The van der Waals surface area contributed by atoms with Crippen molar-refractivity contribution in [2.24, 2.45) is 5.92 Å². The summed E-state index contributed by atoms with van der Waals surface area (Å²) >= 11 is 1.52. The first-order chi connectivity index (χ1) is 16.7. The van der Waals surface area contributed by atoms with E-state index in [4.69, 9.17) is 9.72 Å². The van der Waals surface area contributed by atoms with Gasteiger partial charge in [0, 0.05) is 34.5 Å². The van der Waals surface area contributed by atoms with Gasteiger partial charge in [0.25, 0.3) is 5.91 Å². The van der Waals surface area contributed by atoms with E-state index in [1.54, 1.807) is 19.5 Å². The number of nitrogens with one attached hydrogen (secondary N) is 1. The van der Waals surface area contributed by atoms with Crippen LogP contribution >= 0.6 is 11.3 Å². The molecule has 0 spiro atoms. The van der Waals surface area contributed by atoms with Crippen LogP contribution in [0.1, 0.15) is 54.2 Å². The van der Waals surface area contributed by atoms with E-state index >= 15 is 0 Å². The SMILES string of the molecule is COc1ccc(-c2n[nH]c3c2C(C2CCCCC2)N(c2nc(-c4ccncc4)cs2)C3=O)cc1. The molecule has 1 aliphatic heterocycles. The Bertz CT molecular complexity index is 1310. The smallest absolute Gasteiger partial charge is 0.279 e. The van der Waals surface area contributed by atoms with Crippen molar-refractivity contribution in [3.05, 3.63) is 65.4 Å². The number of thiazole rings is 1. The van der Waals surface area contributed by atoms with Gasteiger partial charge in [-0.25, -0.2) is 4.98 Å². The van der Waals surface area contributed by atoms with E-state index in [-0.39, 0.29) is 11.9 Å². The van der Waals surface area contributed by atoms with E-state index in [9.17, 15) is 4.79 Å². The van der Waals surface area contributed by atoms with E-state index in [0.29, 0.717) is 11.6 Å². The molecule has 2 aliphatic rings. The van der Waals surface area contributed by atoms with Crippen molar-refractivity contribution in [3.63, 3.8) is 0 Å². The van der Waals surface area contributed by atoms with Gasteiger partial charge in [-0.1, -0.05) is 19.3 Å². The minimum atomic E-state index is -0.0740. The monoisotopic (exact) mass is 471 g/mol. The quantitative estimate of drug-likeness (QED) is 0.393. The minimum absolute atomic E-state index is 0.0477. The number of methoxy groups -OCH3 is 1. The third kappa shape index (κ3) is 3.49. The van der Waals surface area contributed by atoms with Crippen molar-refractivity contribution in [2.45, 2.75) is 38.1 Å². The zero-order chi connectivity index (χ0) is 23.1. The molecule has 6 rings (SSSR count). The van der Waals surface area contributed by atoms with Crippen LogP contribution in [0, 0.1) is 5.92 Å². The zero-order valence-electron chi connectivity index (χ0n) is 18.9. The molecule has 4 heterocycles. The average Bonchev–Trinajstić information content (AvgIpc) is 3.61. The molecule has 1 N–H and O–H groups in total. The molecule has 1 saturated carbocycles. The lowest BCUT2D eigenvalue weighted by Crippen LogP contribution is -2.33. The second-order valence-corrected chi connectivity index (χ2v) is 9.70. The highest BCUT2D eigenvalue weighted by Gasteiger charge is 2.47. The highest BCUT2D eigenvalue weighted by atomic mass is 32.1. The number of anilines is 1. The summed E-state index contributed by atoms with van der Waals surface area (Å²) in [6, 6.07) is 11.7. The van der Waals surface area contributed by atoms with E-state index in [1.807, 2.05) is 46.7 Å². The highest BCUT2D eigenvalue weighted by molar-refractivity contribution is 7.14. The maximum Gasteiger partial charge on any atom is 0.279 e. The summed E-state index contributed by atoms with van der Waals surface area (Å²) in [4.78, 5) is 24.6. The minimum Gasteiger partial charge on any atom is -0.497 e. The summed E-state index contributed by atoms with van der Waals surface area (Å²) in [7, 11) is 1.66. The van der Waals surface area contributed by atoms with Crippen molar-refractivity contribution in [3.8, 4) is 28.3 Å². The Kier molecular flexibility index (Phi) is 5.37. The Morgan fingerprint density at radius 1 is 1.03 bits per heavy atom. The number of aromatic nitrogens is 4. The Labute approximate surface area is 201 Å². The van der Waals surface area contributed by atoms with Gasteiger partial charge < -0.3 is 4.74 Å². The number of benzene rings is 1. The Morgan fingerprint density at radius 2 is 1.79 bits per heavy atom. The first-order valence-corrected chi connectivity index (χ1v) is 12.5. The average molecular weight is 472 g/mol.